The first-order valence-electron chi connectivity index (χ1n) is 3.90. The van der Waals surface area contributed by atoms with Gasteiger partial charge in [0.25, 0.3) is 0 Å². The standard InChI is InChI=1S/C9H8Br2FNO/c1-5(10)9(14)13-8-4-6(11)2-3-7(8)12/h2-5H,1H3,(H,13,14). The van der Waals surface area contributed by atoms with Gasteiger partial charge in [-0.15, -0.1) is 0 Å². The number of benzene rings is 1. The topological polar surface area (TPSA) is 29.1 Å². The van der Waals surface area contributed by atoms with E-state index >= 15 is 0 Å². The minimum absolute atomic E-state index is 0.177. The number of hydrogen-bond donors (Lipinski definition) is 1. The summed E-state index contributed by atoms with van der Waals surface area (Å²) in [6, 6.07) is 4.38. The lowest BCUT2D eigenvalue weighted by Crippen LogP contribution is -2.20. The van der Waals surface area contributed by atoms with E-state index in [1.165, 1.54) is 12.1 Å². The summed E-state index contributed by atoms with van der Waals surface area (Å²) in [5.41, 5.74) is 0.177. The van der Waals surface area contributed by atoms with E-state index in [0.717, 1.165) is 4.47 Å². The van der Waals surface area contributed by atoms with Gasteiger partial charge < -0.3 is 5.32 Å². The first kappa shape index (κ1) is 11.7. The smallest absolute Gasteiger partial charge is 0.237 e. The Morgan fingerprint density at radius 1 is 1.57 bits per heavy atom. The van der Waals surface area contributed by atoms with Crippen molar-refractivity contribution in [2.24, 2.45) is 0 Å². The molecular weight excluding hydrogens is 317 g/mol. The maximum atomic E-state index is 13.1. The SMILES string of the molecule is CC(Br)C(=O)Nc1cc(Br)ccc1F. The Labute approximate surface area is 98.1 Å². The minimum Gasteiger partial charge on any atom is -0.323 e. The van der Waals surface area contributed by atoms with Crippen LogP contribution in [0.5, 0.6) is 0 Å². The molecule has 0 spiro atoms. The summed E-state index contributed by atoms with van der Waals surface area (Å²) >= 11 is 6.29. The van der Waals surface area contributed by atoms with Crippen LogP contribution in [0.15, 0.2) is 22.7 Å². The molecule has 0 aromatic heterocycles. The molecule has 0 aliphatic carbocycles. The van der Waals surface area contributed by atoms with Gasteiger partial charge in [0.2, 0.25) is 5.91 Å². The number of alkyl halides is 1. The maximum absolute atomic E-state index is 13.1. The Balaban J connectivity index is 2.86. The zero-order chi connectivity index (χ0) is 10.7. The van der Waals surface area contributed by atoms with Crippen LogP contribution in [0, 0.1) is 5.82 Å². The van der Waals surface area contributed by atoms with Crippen molar-refractivity contribution in [3.63, 3.8) is 0 Å². The lowest BCUT2D eigenvalue weighted by molar-refractivity contribution is -0.115. The fourth-order valence-corrected chi connectivity index (χ4v) is 1.30. The number of rotatable bonds is 2. The molecule has 0 bridgehead atoms. The molecule has 1 amide bonds. The fraction of sp³-hybridized carbons (Fsp3) is 0.222. The third kappa shape index (κ3) is 3.06. The van der Waals surface area contributed by atoms with Crippen molar-refractivity contribution < 1.29 is 9.18 Å². The van der Waals surface area contributed by atoms with Crippen LogP contribution in [0.1, 0.15) is 6.92 Å². The first-order chi connectivity index (χ1) is 6.50. The molecule has 1 atom stereocenters. The molecule has 0 fully saturated rings. The molecule has 0 saturated heterocycles. The highest BCUT2D eigenvalue weighted by molar-refractivity contribution is 9.10. The number of amides is 1. The number of hydrogen-bond acceptors (Lipinski definition) is 1. The monoisotopic (exact) mass is 323 g/mol. The average Bonchev–Trinajstić information content (AvgIpc) is 2.11. The molecule has 0 aliphatic heterocycles. The van der Waals surface area contributed by atoms with Gasteiger partial charge in [-0.25, -0.2) is 4.39 Å². The fourth-order valence-electron chi connectivity index (χ4n) is 0.825. The molecule has 14 heavy (non-hydrogen) atoms. The van der Waals surface area contributed by atoms with Crippen molar-refractivity contribution in [2.45, 2.75) is 11.8 Å². The quantitative estimate of drug-likeness (QED) is 0.831. The number of nitrogens with one attached hydrogen (secondary N) is 1. The number of carbonyl (C=O) groups is 1. The lowest BCUT2D eigenvalue weighted by atomic mass is 10.3. The van der Waals surface area contributed by atoms with Crippen LogP contribution in [-0.4, -0.2) is 10.7 Å². The second-order valence-corrected chi connectivity index (χ2v) is 5.02. The first-order valence-corrected chi connectivity index (χ1v) is 5.61. The summed E-state index contributed by atoms with van der Waals surface area (Å²) in [6.45, 7) is 1.67. The van der Waals surface area contributed by atoms with Crippen molar-refractivity contribution in [1.82, 2.24) is 0 Å². The van der Waals surface area contributed by atoms with Crippen molar-refractivity contribution in [2.75, 3.05) is 5.32 Å². The molecule has 1 N–H and O–H groups in total. The largest absolute Gasteiger partial charge is 0.323 e. The highest BCUT2D eigenvalue weighted by Crippen LogP contribution is 2.20. The second-order valence-electron chi connectivity index (χ2n) is 2.73. The van der Waals surface area contributed by atoms with Gasteiger partial charge >= 0.3 is 0 Å². The summed E-state index contributed by atoms with van der Waals surface area (Å²) in [5, 5.41) is 2.46. The van der Waals surface area contributed by atoms with E-state index in [1.807, 2.05) is 0 Å². The predicted molar refractivity (Wildman–Crippen MR) is 61.1 cm³/mol. The normalized spacial score (nSPS) is 12.3. The zero-order valence-corrected chi connectivity index (χ0v) is 10.5. The third-order valence-corrected chi connectivity index (χ3v) is 2.46. The predicted octanol–water partition coefficient (Wildman–Crippen LogP) is 3.31. The zero-order valence-electron chi connectivity index (χ0n) is 7.35. The number of carbonyl (C=O) groups excluding carboxylic acids is 1. The molecule has 1 aromatic carbocycles. The summed E-state index contributed by atoms with van der Waals surface area (Å²) in [6.07, 6.45) is 0. The molecule has 0 radical (unpaired) electrons. The van der Waals surface area contributed by atoms with Crippen molar-refractivity contribution in [3.8, 4) is 0 Å². The Morgan fingerprint density at radius 2 is 2.21 bits per heavy atom. The molecule has 1 unspecified atom stereocenters. The molecule has 1 aromatic rings. The summed E-state index contributed by atoms with van der Waals surface area (Å²) in [5.74, 6) is -0.725. The van der Waals surface area contributed by atoms with E-state index in [0.29, 0.717) is 0 Å². The van der Waals surface area contributed by atoms with Gasteiger partial charge in [0, 0.05) is 4.47 Å². The Bertz CT molecular complexity index is 355. The Morgan fingerprint density at radius 3 is 2.79 bits per heavy atom. The van der Waals surface area contributed by atoms with E-state index in [4.69, 9.17) is 0 Å². The second kappa shape index (κ2) is 4.89. The van der Waals surface area contributed by atoms with E-state index in [1.54, 1.807) is 13.0 Å². The van der Waals surface area contributed by atoms with Gasteiger partial charge in [-0.05, 0) is 25.1 Å². The van der Waals surface area contributed by atoms with Gasteiger partial charge in [-0.2, -0.15) is 0 Å². The minimum atomic E-state index is -0.449. The van der Waals surface area contributed by atoms with Crippen LogP contribution in [-0.2, 0) is 4.79 Å². The molecule has 0 aliphatic rings. The van der Waals surface area contributed by atoms with Crippen LogP contribution >= 0.6 is 31.9 Å². The highest BCUT2D eigenvalue weighted by atomic mass is 79.9. The number of anilines is 1. The van der Waals surface area contributed by atoms with E-state index in [-0.39, 0.29) is 16.4 Å². The van der Waals surface area contributed by atoms with Crippen LogP contribution in [0.4, 0.5) is 10.1 Å². The van der Waals surface area contributed by atoms with E-state index < -0.39 is 5.82 Å². The van der Waals surface area contributed by atoms with Crippen molar-refractivity contribution in [1.29, 1.82) is 0 Å². The Hall–Kier alpha value is -0.420. The number of halogens is 3. The van der Waals surface area contributed by atoms with E-state index in [2.05, 4.69) is 37.2 Å². The van der Waals surface area contributed by atoms with Crippen LogP contribution in [0.25, 0.3) is 0 Å². The van der Waals surface area contributed by atoms with Gasteiger partial charge in [-0.3, -0.25) is 4.79 Å². The summed E-state index contributed by atoms with van der Waals surface area (Å²) in [7, 11) is 0. The van der Waals surface area contributed by atoms with Gasteiger partial charge in [0.1, 0.15) is 5.82 Å². The van der Waals surface area contributed by atoms with Crippen LogP contribution in [0.2, 0.25) is 0 Å². The molecule has 0 saturated carbocycles. The molecule has 0 heterocycles. The van der Waals surface area contributed by atoms with Gasteiger partial charge in [0.05, 0.1) is 10.5 Å². The van der Waals surface area contributed by atoms with Crippen LogP contribution in [0.3, 0.4) is 0 Å². The van der Waals surface area contributed by atoms with Gasteiger partial charge in [0.15, 0.2) is 0 Å². The Kier molecular flexibility index (Phi) is 4.07. The van der Waals surface area contributed by atoms with E-state index in [9.17, 15) is 9.18 Å². The molecular formula is C9H8Br2FNO. The molecule has 1 rings (SSSR count). The highest BCUT2D eigenvalue weighted by Gasteiger charge is 2.11. The lowest BCUT2D eigenvalue weighted by Gasteiger charge is -2.07. The maximum Gasteiger partial charge on any atom is 0.237 e. The van der Waals surface area contributed by atoms with Crippen molar-refractivity contribution >= 4 is 43.5 Å². The third-order valence-electron chi connectivity index (χ3n) is 1.55. The van der Waals surface area contributed by atoms with Crippen LogP contribution < -0.4 is 5.32 Å². The van der Waals surface area contributed by atoms with Crippen molar-refractivity contribution in [3.05, 3.63) is 28.5 Å². The molecule has 5 heteroatoms. The molecule has 2 nitrogen and oxygen atoms in total. The summed E-state index contributed by atoms with van der Waals surface area (Å²) < 4.78 is 13.9. The van der Waals surface area contributed by atoms with Gasteiger partial charge in [-0.1, -0.05) is 31.9 Å². The molecule has 76 valence electrons. The summed E-state index contributed by atoms with van der Waals surface area (Å²) in [4.78, 5) is 10.9. The average molecular weight is 325 g/mol.